The van der Waals surface area contributed by atoms with Gasteiger partial charge in [0.2, 0.25) is 5.91 Å². The van der Waals surface area contributed by atoms with Gasteiger partial charge in [0.05, 0.1) is 18.8 Å². The van der Waals surface area contributed by atoms with Crippen LogP contribution in [0.4, 0.5) is 0 Å². The van der Waals surface area contributed by atoms with Gasteiger partial charge in [-0.1, -0.05) is 292 Å². The van der Waals surface area contributed by atoms with Crippen molar-refractivity contribution in [2.45, 2.75) is 302 Å². The number of carbonyl (C=O) groups excluding carboxylic acids is 1. The van der Waals surface area contributed by atoms with Crippen LogP contribution < -0.4 is 5.32 Å². The quantitative estimate of drug-likeness (QED) is 0.0421. The minimum atomic E-state index is -0.661. The Kier molecular flexibility index (Phi) is 54.3. The number of carbonyl (C=O) groups is 1. The summed E-state index contributed by atoms with van der Waals surface area (Å²) in [6.07, 6.45) is 80.3. The largest absolute Gasteiger partial charge is 0.394 e. The number of amides is 1. The summed E-state index contributed by atoms with van der Waals surface area (Å²) < 4.78 is 0. The lowest BCUT2D eigenvalue weighted by Gasteiger charge is -2.22. The van der Waals surface area contributed by atoms with E-state index in [0.29, 0.717) is 12.8 Å². The molecule has 0 bridgehead atoms. The maximum atomic E-state index is 12.5. The van der Waals surface area contributed by atoms with Gasteiger partial charge in [0, 0.05) is 6.42 Å². The monoisotopic (exact) mass is 906 g/mol. The van der Waals surface area contributed by atoms with Crippen molar-refractivity contribution in [2.24, 2.45) is 0 Å². The third kappa shape index (κ3) is 52.7. The SMILES string of the molecule is CC/C=C\C/C=C\C/C=C\C/C=C\C/C=C\C/C=C\CCCCCCCCCCCCCCCCCCC(=O)NC(CO)C(O)CCCCCCCCCCCCCCCCCCCC. The van der Waals surface area contributed by atoms with Crippen molar-refractivity contribution in [1.29, 1.82) is 0 Å². The van der Waals surface area contributed by atoms with Crippen LogP contribution in [0, 0.1) is 0 Å². The smallest absolute Gasteiger partial charge is 0.220 e. The summed E-state index contributed by atoms with van der Waals surface area (Å²) in [5.41, 5.74) is 0. The van der Waals surface area contributed by atoms with E-state index in [4.69, 9.17) is 0 Å². The maximum absolute atomic E-state index is 12.5. The standard InChI is InChI=1S/C61H111NO3/c1-3-5-7-9-11-13-15-17-19-21-23-24-25-26-27-28-29-30-31-32-33-34-35-36-37-38-39-41-43-45-47-49-51-53-55-57-61(65)62-59(58-63)60(64)56-54-52-50-48-46-44-42-40-22-20-18-16-14-12-10-8-6-4-2/h5,7,11,13,17,19,23-24,26-27,29-30,59-60,63-64H,3-4,6,8-10,12,14-16,18,20-22,25,28,31-58H2,1-2H3,(H,62,65)/b7-5-,13-11-,19-17-,24-23-,27-26-,30-29-. The van der Waals surface area contributed by atoms with Gasteiger partial charge in [-0.3, -0.25) is 4.79 Å². The Morgan fingerprint density at radius 2 is 0.677 bits per heavy atom. The van der Waals surface area contributed by atoms with Gasteiger partial charge >= 0.3 is 0 Å². The summed E-state index contributed by atoms with van der Waals surface area (Å²) in [4.78, 5) is 12.5. The summed E-state index contributed by atoms with van der Waals surface area (Å²) in [5.74, 6) is -0.0299. The number of rotatable bonds is 52. The minimum absolute atomic E-state index is 0.0299. The van der Waals surface area contributed by atoms with Gasteiger partial charge < -0.3 is 15.5 Å². The third-order valence-corrected chi connectivity index (χ3v) is 13.0. The van der Waals surface area contributed by atoms with Crippen molar-refractivity contribution in [3.8, 4) is 0 Å². The van der Waals surface area contributed by atoms with Crippen LogP contribution in [0.1, 0.15) is 290 Å². The van der Waals surface area contributed by atoms with E-state index in [2.05, 4.69) is 92.1 Å². The number of hydrogen-bond donors (Lipinski definition) is 3. The molecule has 65 heavy (non-hydrogen) atoms. The highest BCUT2D eigenvalue weighted by atomic mass is 16.3. The Morgan fingerprint density at radius 3 is 1.02 bits per heavy atom. The van der Waals surface area contributed by atoms with Gasteiger partial charge in [0.25, 0.3) is 0 Å². The Morgan fingerprint density at radius 1 is 0.385 bits per heavy atom. The highest BCUT2D eigenvalue weighted by Gasteiger charge is 2.20. The molecule has 3 N–H and O–H groups in total. The lowest BCUT2D eigenvalue weighted by atomic mass is 10.0. The van der Waals surface area contributed by atoms with Crippen LogP contribution >= 0.6 is 0 Å². The molecule has 0 aromatic carbocycles. The third-order valence-electron chi connectivity index (χ3n) is 13.0. The number of aliphatic hydroxyl groups excluding tert-OH is 2. The molecule has 0 spiro atoms. The first kappa shape index (κ1) is 62.8. The molecular formula is C61H111NO3. The predicted molar refractivity (Wildman–Crippen MR) is 290 cm³/mol. The topological polar surface area (TPSA) is 69.6 Å². The number of nitrogens with one attached hydrogen (secondary N) is 1. The Labute approximate surface area is 406 Å². The van der Waals surface area contributed by atoms with Gasteiger partial charge in [-0.15, -0.1) is 0 Å². The molecule has 0 saturated carbocycles. The van der Waals surface area contributed by atoms with Gasteiger partial charge in [0.1, 0.15) is 0 Å². The Hall–Kier alpha value is -2.17. The zero-order chi connectivity index (χ0) is 47.0. The summed E-state index contributed by atoms with van der Waals surface area (Å²) in [6.45, 7) is 4.26. The van der Waals surface area contributed by atoms with Crippen LogP contribution in [0.15, 0.2) is 72.9 Å². The van der Waals surface area contributed by atoms with Crippen molar-refractivity contribution >= 4 is 5.91 Å². The molecule has 378 valence electrons. The lowest BCUT2D eigenvalue weighted by molar-refractivity contribution is -0.123. The molecule has 0 heterocycles. The minimum Gasteiger partial charge on any atom is -0.394 e. The van der Waals surface area contributed by atoms with E-state index in [1.165, 1.54) is 199 Å². The van der Waals surface area contributed by atoms with Crippen molar-refractivity contribution in [1.82, 2.24) is 5.32 Å². The van der Waals surface area contributed by atoms with Crippen LogP contribution in [-0.2, 0) is 4.79 Å². The first-order valence-corrected chi connectivity index (χ1v) is 28.6. The molecule has 4 nitrogen and oxygen atoms in total. The number of hydrogen-bond acceptors (Lipinski definition) is 3. The molecule has 0 aromatic rings. The van der Waals surface area contributed by atoms with E-state index in [9.17, 15) is 15.0 Å². The molecule has 0 aliphatic carbocycles. The molecule has 0 rings (SSSR count). The summed E-state index contributed by atoms with van der Waals surface area (Å²) in [6, 6.07) is -0.539. The lowest BCUT2D eigenvalue weighted by Crippen LogP contribution is -2.45. The second-order valence-corrected chi connectivity index (χ2v) is 19.3. The molecule has 0 aliphatic rings. The fourth-order valence-corrected chi connectivity index (χ4v) is 8.66. The van der Waals surface area contributed by atoms with Crippen LogP contribution in [0.2, 0.25) is 0 Å². The van der Waals surface area contributed by atoms with E-state index in [-0.39, 0.29) is 12.5 Å². The first-order valence-electron chi connectivity index (χ1n) is 28.6. The fraction of sp³-hybridized carbons (Fsp3) is 0.787. The average Bonchev–Trinajstić information content (AvgIpc) is 3.31. The zero-order valence-electron chi connectivity index (χ0n) is 43.5. The first-order chi connectivity index (χ1) is 32.2. The molecule has 1 amide bonds. The second kappa shape index (κ2) is 56.2. The summed E-state index contributed by atoms with van der Waals surface area (Å²) in [7, 11) is 0. The molecular weight excluding hydrogens is 795 g/mol. The van der Waals surface area contributed by atoms with E-state index in [1.54, 1.807) is 0 Å². The van der Waals surface area contributed by atoms with E-state index >= 15 is 0 Å². The maximum Gasteiger partial charge on any atom is 0.220 e. The van der Waals surface area contributed by atoms with Gasteiger partial charge in [-0.2, -0.15) is 0 Å². The zero-order valence-corrected chi connectivity index (χ0v) is 43.5. The molecule has 4 heteroatoms. The van der Waals surface area contributed by atoms with Crippen molar-refractivity contribution in [2.75, 3.05) is 6.61 Å². The molecule has 2 unspecified atom stereocenters. The van der Waals surface area contributed by atoms with Gasteiger partial charge in [-0.25, -0.2) is 0 Å². The van der Waals surface area contributed by atoms with Gasteiger partial charge in [0.15, 0.2) is 0 Å². The Bertz CT molecular complexity index is 1120. The van der Waals surface area contributed by atoms with Crippen LogP contribution in [-0.4, -0.2) is 34.9 Å². The number of allylic oxidation sites excluding steroid dienone is 12. The number of aliphatic hydroxyl groups is 2. The molecule has 0 aliphatic heterocycles. The fourth-order valence-electron chi connectivity index (χ4n) is 8.66. The van der Waals surface area contributed by atoms with Crippen molar-refractivity contribution in [3.63, 3.8) is 0 Å². The predicted octanol–water partition coefficient (Wildman–Crippen LogP) is 19.0. The normalized spacial score (nSPS) is 13.4. The molecule has 0 radical (unpaired) electrons. The molecule has 0 fully saturated rings. The van der Waals surface area contributed by atoms with E-state index in [1.807, 2.05) is 0 Å². The number of unbranched alkanes of at least 4 members (excludes halogenated alkanes) is 33. The van der Waals surface area contributed by atoms with E-state index in [0.717, 1.165) is 64.2 Å². The molecule has 2 atom stereocenters. The molecule has 0 saturated heterocycles. The Balaban J connectivity index is 3.47. The van der Waals surface area contributed by atoms with Crippen molar-refractivity contribution < 1.29 is 15.0 Å². The highest BCUT2D eigenvalue weighted by molar-refractivity contribution is 5.76. The van der Waals surface area contributed by atoms with E-state index < -0.39 is 12.1 Å². The summed E-state index contributed by atoms with van der Waals surface area (Å²) >= 11 is 0. The summed E-state index contributed by atoms with van der Waals surface area (Å²) in [5, 5.41) is 23.3. The van der Waals surface area contributed by atoms with Crippen LogP contribution in [0.5, 0.6) is 0 Å². The highest BCUT2D eigenvalue weighted by Crippen LogP contribution is 2.17. The molecule has 0 aromatic heterocycles. The van der Waals surface area contributed by atoms with Crippen molar-refractivity contribution in [3.05, 3.63) is 72.9 Å². The van der Waals surface area contributed by atoms with Crippen LogP contribution in [0.3, 0.4) is 0 Å². The average molecular weight is 907 g/mol. The van der Waals surface area contributed by atoms with Crippen LogP contribution in [0.25, 0.3) is 0 Å². The van der Waals surface area contributed by atoms with Gasteiger partial charge in [-0.05, 0) is 64.2 Å². The second-order valence-electron chi connectivity index (χ2n) is 19.3.